The summed E-state index contributed by atoms with van der Waals surface area (Å²) >= 11 is 7.36. The van der Waals surface area contributed by atoms with Crippen molar-refractivity contribution in [1.82, 2.24) is 20.1 Å². The molecule has 0 fully saturated rings. The molecule has 0 bridgehead atoms. The number of nitrogens with one attached hydrogen (secondary N) is 1. The second-order valence-corrected chi connectivity index (χ2v) is 9.81. The van der Waals surface area contributed by atoms with E-state index in [2.05, 4.69) is 21.6 Å². The molecule has 0 aliphatic rings. The van der Waals surface area contributed by atoms with E-state index in [-0.39, 0.29) is 11.8 Å². The molecule has 0 saturated heterocycles. The van der Waals surface area contributed by atoms with Crippen LogP contribution in [0, 0.1) is 17.2 Å². The maximum Gasteiger partial charge on any atom is 0.234 e. The van der Waals surface area contributed by atoms with Gasteiger partial charge in [0, 0.05) is 16.3 Å². The number of nitriles is 1. The van der Waals surface area contributed by atoms with E-state index in [0.717, 1.165) is 11.3 Å². The minimum Gasteiger partial charge on any atom is -0.497 e. The molecule has 1 N–H and O–H groups in total. The minimum atomic E-state index is -0.957. The molecule has 1 amide bonds. The number of methoxy groups -OCH3 is 1. The second-order valence-electron chi connectivity index (χ2n) is 8.07. The first-order chi connectivity index (χ1) is 15.7. The number of halogens is 1. The van der Waals surface area contributed by atoms with E-state index in [1.54, 1.807) is 33.1 Å². The third kappa shape index (κ3) is 5.49. The summed E-state index contributed by atoms with van der Waals surface area (Å²) < 4.78 is 7.24. The first-order valence-electron chi connectivity index (χ1n) is 10.4. The van der Waals surface area contributed by atoms with Crippen molar-refractivity contribution < 1.29 is 9.53 Å². The highest BCUT2D eigenvalue weighted by Crippen LogP contribution is 2.32. The summed E-state index contributed by atoms with van der Waals surface area (Å²) in [5.74, 6) is 1.02. The van der Waals surface area contributed by atoms with Crippen LogP contribution in [0.5, 0.6) is 5.75 Å². The van der Waals surface area contributed by atoms with E-state index in [0.29, 0.717) is 21.8 Å². The topological polar surface area (TPSA) is 92.8 Å². The molecule has 1 aromatic heterocycles. The third-order valence-corrected chi connectivity index (χ3v) is 6.76. The number of hydrogen-bond donors (Lipinski definition) is 1. The van der Waals surface area contributed by atoms with Crippen LogP contribution >= 0.6 is 23.4 Å². The lowest BCUT2D eigenvalue weighted by molar-refractivity contribution is -0.121. The average molecular weight is 484 g/mol. The van der Waals surface area contributed by atoms with Crippen molar-refractivity contribution >= 4 is 29.3 Å². The van der Waals surface area contributed by atoms with Crippen LogP contribution in [0.1, 0.15) is 27.7 Å². The van der Waals surface area contributed by atoms with Gasteiger partial charge in [0.2, 0.25) is 5.91 Å². The van der Waals surface area contributed by atoms with Crippen LogP contribution in [-0.4, -0.2) is 38.6 Å². The van der Waals surface area contributed by atoms with Gasteiger partial charge in [-0.05, 0) is 56.2 Å². The van der Waals surface area contributed by atoms with E-state index in [1.165, 1.54) is 11.8 Å². The van der Waals surface area contributed by atoms with Gasteiger partial charge in [-0.2, -0.15) is 5.26 Å². The lowest BCUT2D eigenvalue weighted by atomic mass is 9.90. The maximum atomic E-state index is 12.9. The molecule has 2 atom stereocenters. The van der Waals surface area contributed by atoms with Gasteiger partial charge in [-0.15, -0.1) is 10.2 Å². The molecule has 2 unspecified atom stereocenters. The Morgan fingerprint density at radius 2 is 1.91 bits per heavy atom. The molecule has 3 rings (SSSR count). The minimum absolute atomic E-state index is 0.0407. The molecule has 2 aromatic carbocycles. The Kier molecular flexibility index (Phi) is 7.67. The molecule has 0 aliphatic heterocycles. The zero-order valence-electron chi connectivity index (χ0n) is 19.2. The van der Waals surface area contributed by atoms with Crippen LogP contribution in [0.4, 0.5) is 0 Å². The number of benzene rings is 2. The summed E-state index contributed by atoms with van der Waals surface area (Å²) in [5, 5.41) is 21.8. The molecule has 1 heterocycles. The van der Waals surface area contributed by atoms with Crippen molar-refractivity contribution in [3.05, 3.63) is 53.6 Å². The Morgan fingerprint density at radius 1 is 1.21 bits per heavy atom. The number of rotatable bonds is 8. The highest BCUT2D eigenvalue weighted by atomic mass is 35.5. The number of carbonyl (C=O) groups excluding carboxylic acids is 1. The van der Waals surface area contributed by atoms with Gasteiger partial charge in [0.15, 0.2) is 11.0 Å². The van der Waals surface area contributed by atoms with Crippen LogP contribution in [0.3, 0.4) is 0 Å². The third-order valence-electron chi connectivity index (χ3n) is 5.47. The summed E-state index contributed by atoms with van der Waals surface area (Å²) in [5.41, 5.74) is 0.667. The normalized spacial score (nSPS) is 13.8. The Bertz CT molecular complexity index is 1170. The van der Waals surface area contributed by atoms with Crippen molar-refractivity contribution in [2.45, 2.75) is 43.6 Å². The first-order valence-corrected chi connectivity index (χ1v) is 11.7. The van der Waals surface area contributed by atoms with Crippen molar-refractivity contribution in [2.75, 3.05) is 7.11 Å². The molecule has 3 aromatic rings. The number of aromatic nitrogens is 3. The molecular formula is C24H26ClN5O2S. The Morgan fingerprint density at radius 3 is 2.52 bits per heavy atom. The summed E-state index contributed by atoms with van der Waals surface area (Å²) in [6.07, 6.45) is 0. The fourth-order valence-electron chi connectivity index (χ4n) is 2.99. The lowest BCUT2D eigenvalue weighted by Crippen LogP contribution is -2.51. The van der Waals surface area contributed by atoms with Crippen LogP contribution in [0.15, 0.2) is 53.7 Å². The van der Waals surface area contributed by atoms with E-state index in [9.17, 15) is 10.1 Å². The van der Waals surface area contributed by atoms with Gasteiger partial charge in [-0.1, -0.05) is 49.3 Å². The number of carbonyl (C=O) groups is 1. The zero-order valence-corrected chi connectivity index (χ0v) is 20.7. The monoisotopic (exact) mass is 483 g/mol. The Hall–Kier alpha value is -3.02. The molecule has 172 valence electrons. The van der Waals surface area contributed by atoms with Gasteiger partial charge < -0.3 is 10.1 Å². The lowest BCUT2D eigenvalue weighted by Gasteiger charge is -2.28. The van der Waals surface area contributed by atoms with Crippen LogP contribution < -0.4 is 10.1 Å². The average Bonchev–Trinajstić information content (AvgIpc) is 3.22. The molecule has 0 saturated carbocycles. The van der Waals surface area contributed by atoms with Crippen LogP contribution in [0.2, 0.25) is 5.02 Å². The quantitative estimate of drug-likeness (QED) is 0.446. The summed E-state index contributed by atoms with van der Waals surface area (Å²) in [7, 11) is 1.61. The van der Waals surface area contributed by atoms with Crippen molar-refractivity contribution in [3.8, 4) is 28.9 Å². The number of thioether (sulfide) groups is 1. The number of ether oxygens (including phenoxy) is 1. The van der Waals surface area contributed by atoms with Gasteiger partial charge in [0.05, 0.1) is 18.4 Å². The molecule has 0 aliphatic carbocycles. The van der Waals surface area contributed by atoms with Gasteiger partial charge in [-0.25, -0.2) is 0 Å². The number of amides is 1. The number of hydrogen-bond acceptors (Lipinski definition) is 6. The fourth-order valence-corrected chi connectivity index (χ4v) is 3.98. The molecular weight excluding hydrogens is 458 g/mol. The summed E-state index contributed by atoms with van der Waals surface area (Å²) in [4.78, 5) is 12.9. The Labute approximate surface area is 203 Å². The van der Waals surface area contributed by atoms with Crippen LogP contribution in [0.25, 0.3) is 17.1 Å². The van der Waals surface area contributed by atoms with E-state index >= 15 is 0 Å². The smallest absolute Gasteiger partial charge is 0.234 e. The van der Waals surface area contributed by atoms with Crippen molar-refractivity contribution in [3.63, 3.8) is 0 Å². The predicted molar refractivity (Wildman–Crippen MR) is 131 cm³/mol. The standard InChI is InChI=1S/C24H26ClN5O2S/c1-15(2)24(4,14-26)27-22(31)16(3)33-23-29-28-21(17-7-6-8-20(13-17)32-5)30(23)19-11-9-18(25)10-12-19/h6-13,15-16H,1-5H3,(H,27,31). The molecule has 0 radical (unpaired) electrons. The Balaban J connectivity index is 1.98. The SMILES string of the molecule is COc1cccc(-c2nnc(SC(C)C(=O)NC(C)(C#N)C(C)C)n2-c2ccc(Cl)cc2)c1. The van der Waals surface area contributed by atoms with Crippen LogP contribution in [-0.2, 0) is 4.79 Å². The molecule has 7 nitrogen and oxygen atoms in total. The predicted octanol–water partition coefficient (Wildman–Crippen LogP) is 5.13. The first kappa shape index (κ1) is 24.6. The van der Waals surface area contributed by atoms with E-state index in [4.69, 9.17) is 16.3 Å². The molecule has 0 spiro atoms. The summed E-state index contributed by atoms with van der Waals surface area (Å²) in [6, 6.07) is 17.1. The second kappa shape index (κ2) is 10.3. The fraction of sp³-hybridized carbons (Fsp3) is 0.333. The number of nitrogens with zero attached hydrogens (tertiary/aromatic N) is 4. The van der Waals surface area contributed by atoms with Gasteiger partial charge in [-0.3, -0.25) is 9.36 Å². The maximum absolute atomic E-state index is 12.9. The summed E-state index contributed by atoms with van der Waals surface area (Å²) in [6.45, 7) is 7.31. The van der Waals surface area contributed by atoms with Crippen molar-refractivity contribution in [2.24, 2.45) is 5.92 Å². The van der Waals surface area contributed by atoms with Gasteiger partial charge in [0.1, 0.15) is 11.3 Å². The highest BCUT2D eigenvalue weighted by molar-refractivity contribution is 8.00. The molecule has 33 heavy (non-hydrogen) atoms. The van der Waals surface area contributed by atoms with E-state index in [1.807, 2.05) is 54.8 Å². The van der Waals surface area contributed by atoms with Crippen molar-refractivity contribution in [1.29, 1.82) is 5.26 Å². The molecule has 9 heteroatoms. The largest absolute Gasteiger partial charge is 0.497 e. The highest BCUT2D eigenvalue weighted by Gasteiger charge is 2.32. The van der Waals surface area contributed by atoms with E-state index < -0.39 is 10.8 Å². The van der Waals surface area contributed by atoms with Gasteiger partial charge in [0.25, 0.3) is 0 Å². The zero-order chi connectivity index (χ0) is 24.2. The van der Waals surface area contributed by atoms with Gasteiger partial charge >= 0.3 is 0 Å².